The fourth-order valence-electron chi connectivity index (χ4n) is 3.87. The van der Waals surface area contributed by atoms with Gasteiger partial charge >= 0.3 is 0 Å². The summed E-state index contributed by atoms with van der Waals surface area (Å²) in [7, 11) is 5.20. The third-order valence-corrected chi connectivity index (χ3v) is 5.32. The van der Waals surface area contributed by atoms with Crippen molar-refractivity contribution in [3.8, 4) is 17.0 Å². The van der Waals surface area contributed by atoms with Crippen LogP contribution >= 0.6 is 0 Å². The third-order valence-electron chi connectivity index (χ3n) is 5.32. The van der Waals surface area contributed by atoms with Gasteiger partial charge in [-0.1, -0.05) is 0 Å². The Hall–Kier alpha value is -2.93. The van der Waals surface area contributed by atoms with Crippen molar-refractivity contribution in [2.75, 3.05) is 27.3 Å². The molecule has 28 heavy (non-hydrogen) atoms. The van der Waals surface area contributed by atoms with Crippen molar-refractivity contribution in [2.24, 2.45) is 7.05 Å². The molecule has 7 heteroatoms. The number of carbonyl (C=O) groups excluding carboxylic acids is 1. The van der Waals surface area contributed by atoms with Crippen LogP contribution in [0, 0.1) is 0 Å². The van der Waals surface area contributed by atoms with Crippen molar-refractivity contribution in [3.63, 3.8) is 0 Å². The molecular formula is C21H24N4O3. The molecule has 0 bridgehead atoms. The van der Waals surface area contributed by atoms with Crippen molar-refractivity contribution in [2.45, 2.75) is 18.9 Å². The number of amides is 1. The number of piperidine rings is 1. The van der Waals surface area contributed by atoms with Gasteiger partial charge < -0.3 is 18.9 Å². The van der Waals surface area contributed by atoms with E-state index >= 15 is 0 Å². The van der Waals surface area contributed by atoms with Gasteiger partial charge in [0.1, 0.15) is 0 Å². The fraction of sp³-hybridized carbons (Fsp3) is 0.381. The van der Waals surface area contributed by atoms with Gasteiger partial charge in [-0.25, -0.2) is 9.97 Å². The van der Waals surface area contributed by atoms with Crippen LogP contribution in [0.15, 0.2) is 36.8 Å². The summed E-state index contributed by atoms with van der Waals surface area (Å²) in [6.07, 6.45) is 5.43. The summed E-state index contributed by atoms with van der Waals surface area (Å²) < 4.78 is 12.8. The summed E-state index contributed by atoms with van der Waals surface area (Å²) in [4.78, 5) is 24.1. The smallest absolute Gasteiger partial charge is 0.256 e. The Morgan fingerprint density at radius 1 is 1.25 bits per heavy atom. The van der Waals surface area contributed by atoms with Crippen molar-refractivity contribution in [1.82, 2.24) is 19.4 Å². The number of methoxy groups -OCH3 is 2. The van der Waals surface area contributed by atoms with Crippen LogP contribution in [0.2, 0.25) is 0 Å². The largest absolute Gasteiger partial charge is 0.481 e. The molecule has 1 unspecified atom stereocenters. The lowest BCUT2D eigenvalue weighted by Crippen LogP contribution is -2.43. The van der Waals surface area contributed by atoms with Crippen molar-refractivity contribution in [3.05, 3.63) is 42.4 Å². The van der Waals surface area contributed by atoms with E-state index in [1.807, 2.05) is 40.8 Å². The van der Waals surface area contributed by atoms with Crippen LogP contribution < -0.4 is 4.74 Å². The van der Waals surface area contributed by atoms with Gasteiger partial charge in [0.15, 0.2) is 0 Å². The van der Waals surface area contributed by atoms with E-state index in [2.05, 4.69) is 9.97 Å². The number of aryl methyl sites for hydroxylation is 1. The molecule has 0 spiro atoms. The highest BCUT2D eigenvalue weighted by molar-refractivity contribution is 6.07. The first-order valence-corrected chi connectivity index (χ1v) is 9.39. The molecule has 0 radical (unpaired) electrons. The number of fused-ring (bicyclic) bond motifs is 1. The number of pyridine rings is 1. The standard InChI is InChI=1S/C21H24N4O3/c1-24-13-23-18-11-14(16-7-4-8-22-20(16)28-3)10-17(19(18)24)21(26)25-9-5-6-15(12-25)27-2/h4,7-8,10-11,13,15H,5-6,9,12H2,1-3H3. The van der Waals surface area contributed by atoms with Gasteiger partial charge in [0.25, 0.3) is 5.91 Å². The van der Waals surface area contributed by atoms with Gasteiger partial charge in [0.05, 0.1) is 36.1 Å². The Morgan fingerprint density at radius 3 is 2.89 bits per heavy atom. The van der Waals surface area contributed by atoms with Crippen molar-refractivity contribution < 1.29 is 14.3 Å². The first kappa shape index (κ1) is 18.4. The molecule has 0 saturated carbocycles. The number of carbonyl (C=O) groups is 1. The molecule has 1 aliphatic rings. The van der Waals surface area contributed by atoms with E-state index in [0.29, 0.717) is 18.0 Å². The number of aromatic nitrogens is 3. The molecule has 1 atom stereocenters. The van der Waals surface area contributed by atoms with Crippen LogP contribution in [0.4, 0.5) is 0 Å². The number of likely N-dealkylation sites (tertiary alicyclic amines) is 1. The number of nitrogens with zero attached hydrogens (tertiary/aromatic N) is 4. The zero-order valence-corrected chi connectivity index (χ0v) is 16.4. The number of ether oxygens (including phenoxy) is 2. The van der Waals surface area contributed by atoms with Gasteiger partial charge in [-0.3, -0.25) is 4.79 Å². The second-order valence-electron chi connectivity index (χ2n) is 7.06. The number of rotatable bonds is 4. The number of imidazole rings is 1. The van der Waals surface area contributed by atoms with Crippen LogP contribution in [-0.2, 0) is 11.8 Å². The van der Waals surface area contributed by atoms with Crippen LogP contribution in [0.5, 0.6) is 5.88 Å². The fourth-order valence-corrected chi connectivity index (χ4v) is 3.87. The lowest BCUT2D eigenvalue weighted by atomic mass is 10.0. The van der Waals surface area contributed by atoms with E-state index in [4.69, 9.17) is 9.47 Å². The Kier molecular flexibility index (Phi) is 5.00. The number of hydrogen-bond acceptors (Lipinski definition) is 5. The van der Waals surface area contributed by atoms with Crippen molar-refractivity contribution >= 4 is 16.9 Å². The summed E-state index contributed by atoms with van der Waals surface area (Å²) >= 11 is 0. The van der Waals surface area contributed by atoms with Crippen LogP contribution in [-0.4, -0.2) is 58.8 Å². The maximum Gasteiger partial charge on any atom is 0.256 e. The van der Waals surface area contributed by atoms with Crippen LogP contribution in [0.3, 0.4) is 0 Å². The summed E-state index contributed by atoms with van der Waals surface area (Å²) in [5, 5.41) is 0. The molecular weight excluding hydrogens is 356 g/mol. The Balaban J connectivity index is 1.83. The average molecular weight is 380 g/mol. The van der Waals surface area contributed by atoms with Crippen LogP contribution in [0.25, 0.3) is 22.2 Å². The van der Waals surface area contributed by atoms with E-state index in [-0.39, 0.29) is 12.0 Å². The van der Waals surface area contributed by atoms with Gasteiger partial charge in [-0.05, 0) is 42.7 Å². The summed E-state index contributed by atoms with van der Waals surface area (Å²) in [6, 6.07) is 7.68. The topological polar surface area (TPSA) is 69.5 Å². The van der Waals surface area contributed by atoms with Crippen molar-refractivity contribution in [1.29, 1.82) is 0 Å². The second-order valence-corrected chi connectivity index (χ2v) is 7.06. The van der Waals surface area contributed by atoms with E-state index in [0.717, 1.165) is 41.5 Å². The van der Waals surface area contributed by atoms with E-state index in [9.17, 15) is 4.79 Å². The molecule has 1 fully saturated rings. The summed E-state index contributed by atoms with van der Waals surface area (Å²) in [5.74, 6) is 0.522. The molecule has 1 aromatic carbocycles. The number of benzene rings is 1. The van der Waals surface area contributed by atoms with Gasteiger partial charge in [0, 0.05) is 39.0 Å². The SMILES string of the molecule is COc1ncccc1-c1cc(C(=O)N2CCCC(OC)C2)c2c(c1)ncn2C. The molecule has 1 aliphatic heterocycles. The van der Waals surface area contributed by atoms with Crippen LogP contribution in [0.1, 0.15) is 23.2 Å². The first-order valence-electron chi connectivity index (χ1n) is 9.39. The summed E-state index contributed by atoms with van der Waals surface area (Å²) in [6.45, 7) is 1.34. The zero-order valence-electron chi connectivity index (χ0n) is 16.4. The Labute approximate surface area is 163 Å². The molecule has 0 aliphatic carbocycles. The molecule has 1 saturated heterocycles. The normalized spacial score (nSPS) is 17.1. The second kappa shape index (κ2) is 7.59. The molecule has 7 nitrogen and oxygen atoms in total. The van der Waals surface area contributed by atoms with E-state index in [1.54, 1.807) is 26.7 Å². The van der Waals surface area contributed by atoms with E-state index in [1.165, 1.54) is 0 Å². The quantitative estimate of drug-likeness (QED) is 0.696. The first-order chi connectivity index (χ1) is 13.6. The minimum Gasteiger partial charge on any atom is -0.481 e. The molecule has 146 valence electrons. The molecule has 3 aromatic rings. The Morgan fingerprint density at radius 2 is 2.11 bits per heavy atom. The minimum atomic E-state index is 0.0000529. The lowest BCUT2D eigenvalue weighted by molar-refractivity contribution is 0.0270. The lowest BCUT2D eigenvalue weighted by Gasteiger charge is -2.32. The Bertz CT molecular complexity index is 1010. The molecule has 4 rings (SSSR count). The molecule has 1 amide bonds. The molecule has 2 aromatic heterocycles. The van der Waals surface area contributed by atoms with Gasteiger partial charge in [-0.15, -0.1) is 0 Å². The van der Waals surface area contributed by atoms with E-state index < -0.39 is 0 Å². The highest BCUT2D eigenvalue weighted by atomic mass is 16.5. The zero-order chi connectivity index (χ0) is 19.7. The maximum absolute atomic E-state index is 13.4. The minimum absolute atomic E-state index is 0.0000529. The molecule has 3 heterocycles. The predicted molar refractivity (Wildman–Crippen MR) is 106 cm³/mol. The van der Waals surface area contributed by atoms with Gasteiger partial charge in [0.2, 0.25) is 5.88 Å². The molecule has 0 N–H and O–H groups in total. The average Bonchev–Trinajstić information content (AvgIpc) is 3.13. The maximum atomic E-state index is 13.4. The highest BCUT2D eigenvalue weighted by Gasteiger charge is 2.27. The van der Waals surface area contributed by atoms with Gasteiger partial charge in [-0.2, -0.15) is 0 Å². The summed E-state index contributed by atoms with van der Waals surface area (Å²) in [5.41, 5.74) is 3.93. The third kappa shape index (κ3) is 3.22. The highest BCUT2D eigenvalue weighted by Crippen LogP contribution is 2.32. The number of hydrogen-bond donors (Lipinski definition) is 0. The predicted octanol–water partition coefficient (Wildman–Crippen LogP) is 2.89. The monoisotopic (exact) mass is 380 g/mol.